The molecule has 3 fully saturated rings. The number of Topliss-reactive ketones (excluding diaryl/α,β-unsaturated/α-hetero) is 4. The number of hydrogen-bond donors (Lipinski definition) is 4. The highest BCUT2D eigenvalue weighted by Crippen LogP contribution is 2.54. The van der Waals surface area contributed by atoms with E-state index in [-0.39, 0.29) is 42.0 Å². The van der Waals surface area contributed by atoms with Crippen LogP contribution in [-0.2, 0) is 39.9 Å². The highest BCUT2D eigenvalue weighted by Gasteiger charge is 2.69. The Morgan fingerprint density at radius 2 is 1.73 bits per heavy atom. The third-order valence-corrected chi connectivity index (χ3v) is 10.9. The lowest BCUT2D eigenvalue weighted by molar-refractivity contribution is -0.181. The van der Waals surface area contributed by atoms with Gasteiger partial charge in [-0.15, -0.1) is 0 Å². The number of methoxy groups -OCH3 is 1. The maximum absolute atomic E-state index is 14.4. The van der Waals surface area contributed by atoms with Gasteiger partial charge in [-0.05, 0) is 70.8 Å². The van der Waals surface area contributed by atoms with E-state index >= 15 is 0 Å². The van der Waals surface area contributed by atoms with E-state index in [1.165, 1.54) is 26.1 Å². The molecule has 5 rings (SSSR count). The monoisotopic (exact) mass is 703 g/mol. The van der Waals surface area contributed by atoms with Gasteiger partial charge in [0.1, 0.15) is 5.69 Å². The molecule has 7 atom stereocenters. The number of nitrogens with zero attached hydrogens (tertiary/aromatic N) is 3. The van der Waals surface area contributed by atoms with Crippen molar-refractivity contribution in [3.05, 3.63) is 16.1 Å². The number of likely N-dealkylation sites (tertiary alicyclic amines) is 1. The minimum absolute atomic E-state index is 0.00358. The number of carbonyl (C=O) groups is 7. The number of carbonyl (C=O) groups excluding carboxylic acids is 7. The molecule has 16 heteroatoms. The fourth-order valence-electron chi connectivity index (χ4n) is 8.36. The number of phenolic OH excluding ortho intramolecular Hbond substituents is 1. The number of amides is 2. The number of ketones is 4. The summed E-state index contributed by atoms with van der Waals surface area (Å²) in [7, 11) is 7.57. The molecule has 1 saturated heterocycles. The van der Waals surface area contributed by atoms with Crippen LogP contribution in [0, 0.1) is 23.7 Å². The molecule has 5 unspecified atom stereocenters. The number of anilines is 2. The van der Waals surface area contributed by atoms with Gasteiger partial charge in [-0.1, -0.05) is 11.6 Å². The van der Waals surface area contributed by atoms with Crippen molar-refractivity contribution in [2.75, 3.05) is 58.6 Å². The average Bonchev–Trinajstić information content (AvgIpc) is 3.55. The summed E-state index contributed by atoms with van der Waals surface area (Å²) < 4.78 is 4.75. The quantitative estimate of drug-likeness (QED) is 0.151. The second kappa shape index (κ2) is 13.4. The van der Waals surface area contributed by atoms with Crippen molar-refractivity contribution in [3.63, 3.8) is 0 Å². The Hall–Kier alpha value is -3.92. The van der Waals surface area contributed by atoms with Crippen LogP contribution in [0.3, 0.4) is 0 Å². The first kappa shape index (κ1) is 36.4. The summed E-state index contributed by atoms with van der Waals surface area (Å²) in [6.45, 7) is 1.21. The van der Waals surface area contributed by atoms with Crippen LogP contribution in [-0.4, -0.2) is 127 Å². The molecular weight excluding hydrogens is 662 g/mol. The van der Waals surface area contributed by atoms with Gasteiger partial charge in [0.2, 0.25) is 11.8 Å². The Morgan fingerprint density at radius 1 is 1.10 bits per heavy atom. The first-order valence-corrected chi connectivity index (χ1v) is 16.6. The summed E-state index contributed by atoms with van der Waals surface area (Å²) in [4.78, 5) is 98.5. The molecule has 2 saturated carbocycles. The molecule has 0 spiro atoms. The Kier molecular flexibility index (Phi) is 9.96. The predicted molar refractivity (Wildman–Crippen MR) is 175 cm³/mol. The van der Waals surface area contributed by atoms with Crippen LogP contribution in [0.25, 0.3) is 0 Å². The molecule has 1 aromatic carbocycles. The average molecular weight is 704 g/mol. The number of aromatic hydroxyl groups is 1. The van der Waals surface area contributed by atoms with Crippen LogP contribution in [0.1, 0.15) is 48.0 Å². The van der Waals surface area contributed by atoms with E-state index < -0.39 is 88.0 Å². The van der Waals surface area contributed by atoms with E-state index in [0.29, 0.717) is 24.3 Å². The molecule has 0 radical (unpaired) electrons. The molecule has 2 amide bonds. The molecule has 0 aromatic heterocycles. The lowest BCUT2D eigenvalue weighted by Gasteiger charge is -2.52. The molecule has 5 N–H and O–H groups in total. The predicted octanol–water partition coefficient (Wildman–Crippen LogP) is -0.0575. The Labute approximate surface area is 288 Å². The number of fused-ring (bicyclic) bond motifs is 3. The molecule has 4 aliphatic rings. The number of primary amides is 1. The third kappa shape index (κ3) is 5.79. The van der Waals surface area contributed by atoms with Gasteiger partial charge in [-0.25, -0.2) is 0 Å². The second-order valence-electron chi connectivity index (χ2n) is 13.8. The largest absolute Gasteiger partial charge is 0.505 e. The van der Waals surface area contributed by atoms with E-state index in [4.69, 9.17) is 22.1 Å². The zero-order valence-corrected chi connectivity index (χ0v) is 28.8. The van der Waals surface area contributed by atoms with E-state index in [1.54, 1.807) is 19.0 Å². The van der Waals surface area contributed by atoms with E-state index in [1.807, 2.05) is 4.90 Å². The minimum atomic E-state index is -2.87. The number of ether oxygens (including phenoxy) is 1. The van der Waals surface area contributed by atoms with Crippen molar-refractivity contribution in [1.82, 2.24) is 9.80 Å². The summed E-state index contributed by atoms with van der Waals surface area (Å²) in [5, 5.41) is 26.1. The molecule has 0 bridgehead atoms. The van der Waals surface area contributed by atoms with E-state index in [2.05, 4.69) is 5.32 Å². The lowest BCUT2D eigenvalue weighted by Crippen LogP contribution is -2.74. The van der Waals surface area contributed by atoms with Crippen molar-refractivity contribution >= 4 is 63.9 Å². The minimum Gasteiger partial charge on any atom is -0.505 e. The number of nitrogens with two attached hydrogens (primary N) is 1. The molecule has 1 aromatic rings. The maximum Gasteiger partial charge on any atom is 0.305 e. The topological polar surface area (TPSA) is 217 Å². The third-order valence-electron chi connectivity index (χ3n) is 10.6. The first-order chi connectivity index (χ1) is 23.0. The molecular formula is C33H42ClN5O10. The molecule has 15 nitrogen and oxygen atoms in total. The number of rotatable bonds is 9. The van der Waals surface area contributed by atoms with Gasteiger partial charge in [0.25, 0.3) is 0 Å². The van der Waals surface area contributed by atoms with Crippen molar-refractivity contribution in [2.45, 2.75) is 56.2 Å². The van der Waals surface area contributed by atoms with Crippen LogP contribution in [0.5, 0.6) is 5.75 Å². The molecule has 3 aliphatic carbocycles. The lowest BCUT2D eigenvalue weighted by atomic mass is 9.52. The van der Waals surface area contributed by atoms with Crippen molar-refractivity contribution < 1.29 is 48.5 Å². The fourth-order valence-corrected chi connectivity index (χ4v) is 8.78. The van der Waals surface area contributed by atoms with Crippen LogP contribution in [0.2, 0.25) is 5.02 Å². The molecule has 266 valence electrons. The summed E-state index contributed by atoms with van der Waals surface area (Å²) in [5.41, 5.74) is 2.54. The molecule has 1 heterocycles. The van der Waals surface area contributed by atoms with Crippen molar-refractivity contribution in [1.29, 1.82) is 0 Å². The number of esters is 1. The number of phenols is 1. The van der Waals surface area contributed by atoms with Gasteiger partial charge in [0.05, 0.1) is 41.4 Å². The van der Waals surface area contributed by atoms with Crippen LogP contribution >= 0.6 is 11.6 Å². The van der Waals surface area contributed by atoms with Crippen molar-refractivity contribution in [3.8, 4) is 5.75 Å². The zero-order valence-electron chi connectivity index (χ0n) is 28.1. The van der Waals surface area contributed by atoms with Gasteiger partial charge in [0.15, 0.2) is 40.4 Å². The number of hydrogen-bond acceptors (Lipinski definition) is 13. The zero-order chi connectivity index (χ0) is 36.3. The highest BCUT2D eigenvalue weighted by molar-refractivity contribution is 6.38. The van der Waals surface area contributed by atoms with E-state index in [0.717, 1.165) is 12.8 Å². The number of nitrogens with one attached hydrogen (secondary N) is 1. The summed E-state index contributed by atoms with van der Waals surface area (Å²) in [6.07, 6.45) is 1.66. The summed E-state index contributed by atoms with van der Waals surface area (Å²) in [6, 6.07) is -2.02. The summed E-state index contributed by atoms with van der Waals surface area (Å²) in [5.74, 6) is -13.2. The number of aliphatic hydroxyl groups is 1. The van der Waals surface area contributed by atoms with Gasteiger partial charge in [-0.2, -0.15) is 0 Å². The smallest absolute Gasteiger partial charge is 0.305 e. The first-order valence-electron chi connectivity index (χ1n) is 16.2. The van der Waals surface area contributed by atoms with Crippen LogP contribution in [0.15, 0.2) is 0 Å². The normalized spacial score (nSPS) is 28.9. The van der Waals surface area contributed by atoms with Gasteiger partial charge >= 0.3 is 5.97 Å². The number of likely N-dealkylation sites (N-methyl/N-ethyl adjacent to an activating group) is 1. The Balaban J connectivity index is 1.59. The van der Waals surface area contributed by atoms with Gasteiger partial charge in [-0.3, -0.25) is 43.4 Å². The van der Waals surface area contributed by atoms with Crippen LogP contribution in [0.4, 0.5) is 11.4 Å². The summed E-state index contributed by atoms with van der Waals surface area (Å²) >= 11 is 6.88. The molecule has 1 aliphatic heterocycles. The van der Waals surface area contributed by atoms with Gasteiger partial charge < -0.3 is 30.9 Å². The second-order valence-corrected chi connectivity index (χ2v) is 14.2. The van der Waals surface area contributed by atoms with Gasteiger partial charge in [0, 0.05) is 26.4 Å². The van der Waals surface area contributed by atoms with Crippen molar-refractivity contribution in [2.24, 2.45) is 29.4 Å². The SMILES string of the molecule is COC(=O)CCC(C(=O)Nc1c(O)c2c(c(N(C)C)c1Cl)CC1CC3[C@H](N(C)C)C(=O)C(C(N)=O)C(=O)[C@@]3(O)C(=O)C1C2=O)N1CCCC1. The molecule has 49 heavy (non-hydrogen) atoms. The van der Waals surface area contributed by atoms with Crippen LogP contribution < -0.4 is 16.0 Å². The fraction of sp³-hybridized carbons (Fsp3) is 0.606. The van der Waals surface area contributed by atoms with E-state index in [9.17, 15) is 43.8 Å². The standard InChI is InChI=1S/C33H42ClN5O10/c1-37(2)24-15-12-14-13-16-25(38(3)4)28(43)21(31(35)46)30(45)33(16,48)29(44)19(14)26(41)20(15)27(42)23(22(24)34)36-32(47)17(8-9-18(40)49-5)39-10-6-7-11-39/h14,16-17,19,21,25,42,48H,6-13H2,1-5H3,(H2,35,46)(H,36,47)/t14?,16?,17?,19?,21?,25-,33-/m0/s1. The number of halogens is 1. The number of benzene rings is 1. The highest BCUT2D eigenvalue weighted by atomic mass is 35.5. The Morgan fingerprint density at radius 3 is 2.29 bits per heavy atom. The Bertz CT molecular complexity index is 1640. The maximum atomic E-state index is 14.4.